The van der Waals surface area contributed by atoms with Gasteiger partial charge in [-0.1, -0.05) is 55.9 Å². The molecule has 2 fully saturated rings. The van der Waals surface area contributed by atoms with Crippen LogP contribution in [0.15, 0.2) is 30.3 Å². The van der Waals surface area contributed by atoms with E-state index in [0.29, 0.717) is 13.2 Å². The lowest BCUT2D eigenvalue weighted by Gasteiger charge is -2.43. The molecule has 0 aromatic heterocycles. The first-order valence-corrected chi connectivity index (χ1v) is 9.36. The fourth-order valence-corrected chi connectivity index (χ4v) is 4.22. The third kappa shape index (κ3) is 3.50. The van der Waals surface area contributed by atoms with Crippen LogP contribution in [0, 0.1) is 5.92 Å². The lowest BCUT2D eigenvalue weighted by atomic mass is 9.88. The third-order valence-electron chi connectivity index (χ3n) is 4.77. The van der Waals surface area contributed by atoms with Gasteiger partial charge in [-0.2, -0.15) is 0 Å². The van der Waals surface area contributed by atoms with Crippen molar-refractivity contribution >= 4 is 22.9 Å². The molecule has 6 heteroatoms. The van der Waals surface area contributed by atoms with Crippen LogP contribution in [-0.4, -0.2) is 46.7 Å². The van der Waals surface area contributed by atoms with Gasteiger partial charge in [-0.25, -0.2) is 0 Å². The van der Waals surface area contributed by atoms with E-state index in [4.69, 9.17) is 9.47 Å². The number of amides is 2. The van der Waals surface area contributed by atoms with E-state index in [0.717, 1.165) is 23.7 Å². The van der Waals surface area contributed by atoms with E-state index >= 15 is 0 Å². The van der Waals surface area contributed by atoms with Crippen molar-refractivity contribution in [1.29, 1.82) is 0 Å². The predicted octanol–water partition coefficient (Wildman–Crippen LogP) is 3.08. The van der Waals surface area contributed by atoms with Crippen LogP contribution >= 0.6 is 11.8 Å². The summed E-state index contributed by atoms with van der Waals surface area (Å²) in [7, 11) is 0. The number of nitrogens with zero attached hydrogens (tertiary/aromatic N) is 1. The monoisotopic (exact) mass is 349 g/mol. The minimum absolute atomic E-state index is 0.0856. The molecule has 1 aromatic rings. The summed E-state index contributed by atoms with van der Waals surface area (Å²) in [4.78, 5) is 25.6. The Morgan fingerprint density at radius 2 is 2.04 bits per heavy atom. The van der Waals surface area contributed by atoms with Crippen LogP contribution in [0.3, 0.4) is 0 Å². The summed E-state index contributed by atoms with van der Waals surface area (Å²) >= 11 is 1.06. The Morgan fingerprint density at radius 3 is 2.67 bits per heavy atom. The molecule has 4 atom stereocenters. The molecule has 1 aromatic carbocycles. The molecule has 0 radical (unpaired) electrons. The predicted molar refractivity (Wildman–Crippen MR) is 92.7 cm³/mol. The second kappa shape index (κ2) is 7.68. The fourth-order valence-electron chi connectivity index (χ4n) is 3.46. The maximum atomic E-state index is 12.1. The summed E-state index contributed by atoms with van der Waals surface area (Å²) in [6, 6.07) is 9.60. The summed E-state index contributed by atoms with van der Waals surface area (Å²) in [6.07, 6.45) is 0.758. The number of carbonyl (C=O) groups excluding carboxylic acids is 2. The molecule has 3 rings (SSSR count). The molecule has 2 aliphatic rings. The summed E-state index contributed by atoms with van der Waals surface area (Å²) in [5, 5.41) is -0.191. The first-order chi connectivity index (χ1) is 11.6. The Balaban J connectivity index is 1.77. The van der Waals surface area contributed by atoms with Crippen molar-refractivity contribution in [2.45, 2.75) is 45.1 Å². The number of thioether (sulfide) groups is 1. The van der Waals surface area contributed by atoms with Crippen LogP contribution in [0.2, 0.25) is 0 Å². The van der Waals surface area contributed by atoms with Gasteiger partial charge in [0, 0.05) is 5.92 Å². The van der Waals surface area contributed by atoms with Gasteiger partial charge in [0.15, 0.2) is 0 Å². The fraction of sp³-hybridized carbons (Fsp3) is 0.556. The Morgan fingerprint density at radius 1 is 1.29 bits per heavy atom. The van der Waals surface area contributed by atoms with Gasteiger partial charge in [-0.15, -0.1) is 0 Å². The summed E-state index contributed by atoms with van der Waals surface area (Å²) < 4.78 is 12.1. The minimum atomic E-state index is -0.346. The molecule has 0 bridgehead atoms. The zero-order valence-corrected chi connectivity index (χ0v) is 14.8. The Bertz CT molecular complexity index is 578. The van der Waals surface area contributed by atoms with Gasteiger partial charge in [0.25, 0.3) is 5.24 Å². The van der Waals surface area contributed by atoms with Crippen LogP contribution in [0.5, 0.6) is 0 Å². The molecule has 0 saturated carbocycles. The average molecular weight is 349 g/mol. The second-order valence-electron chi connectivity index (χ2n) is 6.29. The van der Waals surface area contributed by atoms with E-state index in [1.165, 1.54) is 4.90 Å². The highest BCUT2D eigenvalue weighted by molar-refractivity contribution is 8.14. The number of ether oxygens (including phenoxy) is 2. The molecular formula is C18H23NO4S. The number of rotatable bonds is 5. The zero-order chi connectivity index (χ0) is 17.1. The topological polar surface area (TPSA) is 55.8 Å². The van der Waals surface area contributed by atoms with E-state index in [1.54, 1.807) is 0 Å². The van der Waals surface area contributed by atoms with Gasteiger partial charge in [0.2, 0.25) is 5.91 Å². The number of benzene rings is 1. The van der Waals surface area contributed by atoms with E-state index < -0.39 is 0 Å². The van der Waals surface area contributed by atoms with Gasteiger partial charge < -0.3 is 9.47 Å². The maximum absolute atomic E-state index is 12.1. The molecule has 0 unspecified atom stereocenters. The zero-order valence-electron chi connectivity index (χ0n) is 14.0. The smallest absolute Gasteiger partial charge is 0.289 e. The van der Waals surface area contributed by atoms with Gasteiger partial charge in [-0.3, -0.25) is 14.5 Å². The van der Waals surface area contributed by atoms with E-state index in [9.17, 15) is 9.59 Å². The van der Waals surface area contributed by atoms with Crippen molar-refractivity contribution in [1.82, 2.24) is 4.90 Å². The first kappa shape index (κ1) is 17.5. The molecule has 2 amide bonds. The van der Waals surface area contributed by atoms with Gasteiger partial charge in [0.1, 0.15) is 0 Å². The highest BCUT2D eigenvalue weighted by Gasteiger charge is 2.46. The first-order valence-electron chi connectivity index (χ1n) is 8.37. The Hall–Kier alpha value is -1.37. The Labute approximate surface area is 146 Å². The largest absolute Gasteiger partial charge is 0.376 e. The molecule has 24 heavy (non-hydrogen) atoms. The quantitative estimate of drug-likeness (QED) is 0.818. The number of carbonyl (C=O) groups is 2. The average Bonchev–Trinajstić information content (AvgIpc) is 2.93. The normalized spacial score (nSPS) is 30.8. The van der Waals surface area contributed by atoms with Gasteiger partial charge in [-0.05, 0) is 12.0 Å². The van der Waals surface area contributed by atoms with Crippen molar-refractivity contribution in [2.75, 3.05) is 12.4 Å². The molecule has 0 spiro atoms. The molecule has 0 N–H and O–H groups in total. The molecule has 0 aliphatic carbocycles. The SMILES string of the molecule is CC[C@H]1OC[C@@H](N2C(=O)CSC2=O)[C@@H](OCc2ccccc2)[C@H]1C. The Kier molecular flexibility index (Phi) is 5.58. The molecule has 2 heterocycles. The lowest BCUT2D eigenvalue weighted by Crippen LogP contribution is -2.58. The third-order valence-corrected chi connectivity index (χ3v) is 5.60. The van der Waals surface area contributed by atoms with Crippen LogP contribution < -0.4 is 0 Å². The lowest BCUT2D eigenvalue weighted by molar-refractivity contribution is -0.161. The highest BCUT2D eigenvalue weighted by atomic mass is 32.2. The van der Waals surface area contributed by atoms with Crippen LogP contribution in [0.1, 0.15) is 25.8 Å². The maximum Gasteiger partial charge on any atom is 0.289 e. The summed E-state index contributed by atoms with van der Waals surface area (Å²) in [5.41, 5.74) is 1.08. The van der Waals surface area contributed by atoms with Gasteiger partial charge in [0.05, 0.1) is 37.2 Å². The standard InChI is InChI=1S/C18H23NO4S/c1-3-15-12(2)17(23-9-13-7-5-4-6-8-13)14(10-22-15)19-16(20)11-24-18(19)21/h4-8,12,14-15,17H,3,9-11H2,1-2H3/t12-,14+,15+,17-/m0/s1. The number of imide groups is 1. The van der Waals surface area contributed by atoms with E-state index in [-0.39, 0.29) is 41.1 Å². The minimum Gasteiger partial charge on any atom is -0.376 e. The van der Waals surface area contributed by atoms with Crippen LogP contribution in [0.25, 0.3) is 0 Å². The van der Waals surface area contributed by atoms with Crippen LogP contribution in [0.4, 0.5) is 4.79 Å². The van der Waals surface area contributed by atoms with Crippen molar-refractivity contribution in [3.05, 3.63) is 35.9 Å². The second-order valence-corrected chi connectivity index (χ2v) is 7.21. The van der Waals surface area contributed by atoms with E-state index in [2.05, 4.69) is 13.8 Å². The molecule has 2 saturated heterocycles. The summed E-state index contributed by atoms with van der Waals surface area (Å²) in [6.45, 7) is 4.97. The van der Waals surface area contributed by atoms with E-state index in [1.807, 2.05) is 30.3 Å². The molecule has 130 valence electrons. The van der Waals surface area contributed by atoms with Crippen molar-refractivity contribution in [3.63, 3.8) is 0 Å². The van der Waals surface area contributed by atoms with Crippen molar-refractivity contribution in [3.8, 4) is 0 Å². The molecule has 2 aliphatic heterocycles. The number of hydrogen-bond donors (Lipinski definition) is 0. The highest BCUT2D eigenvalue weighted by Crippen LogP contribution is 2.33. The van der Waals surface area contributed by atoms with Crippen molar-refractivity contribution in [2.24, 2.45) is 5.92 Å². The van der Waals surface area contributed by atoms with Crippen LogP contribution in [-0.2, 0) is 20.9 Å². The molecule has 5 nitrogen and oxygen atoms in total. The molecular weight excluding hydrogens is 326 g/mol. The summed E-state index contributed by atoms with van der Waals surface area (Å²) in [5.74, 6) is 0.185. The van der Waals surface area contributed by atoms with Gasteiger partial charge >= 0.3 is 0 Å². The number of hydrogen-bond acceptors (Lipinski definition) is 5. The van der Waals surface area contributed by atoms with Crippen molar-refractivity contribution < 1.29 is 19.1 Å².